The van der Waals surface area contributed by atoms with E-state index in [-0.39, 0.29) is 6.71 Å². The number of anilines is 3. The van der Waals surface area contributed by atoms with Gasteiger partial charge in [0, 0.05) is 37.9 Å². The summed E-state index contributed by atoms with van der Waals surface area (Å²) < 4.78 is 0. The van der Waals surface area contributed by atoms with Crippen molar-refractivity contribution >= 4 is 51.9 Å². The first kappa shape index (κ1) is 34.9. The van der Waals surface area contributed by atoms with E-state index >= 15 is 0 Å². The van der Waals surface area contributed by atoms with Crippen molar-refractivity contribution in [1.29, 1.82) is 5.26 Å². The third-order valence-corrected chi connectivity index (χ3v) is 13.0. The van der Waals surface area contributed by atoms with Gasteiger partial charge < -0.3 is 4.90 Å². The van der Waals surface area contributed by atoms with Crippen LogP contribution in [0.5, 0.6) is 0 Å². The number of benzene rings is 9. The first-order valence-electron chi connectivity index (χ1n) is 20.0. The minimum absolute atomic E-state index is 0.0896. The Kier molecular flexibility index (Phi) is 8.61. The summed E-state index contributed by atoms with van der Waals surface area (Å²) in [5.74, 6) is 0. The van der Waals surface area contributed by atoms with Gasteiger partial charge in [-0.2, -0.15) is 5.26 Å². The van der Waals surface area contributed by atoms with Gasteiger partial charge in [-0.05, 0) is 80.2 Å². The molecule has 0 saturated carbocycles. The fourth-order valence-electron chi connectivity index (χ4n) is 9.14. The Bertz CT molecular complexity index is 3010. The van der Waals surface area contributed by atoms with Crippen LogP contribution in [0, 0.1) is 11.3 Å². The summed E-state index contributed by atoms with van der Waals surface area (Å²) in [6.45, 7) is -0.0896. The van der Waals surface area contributed by atoms with Crippen molar-refractivity contribution in [3.8, 4) is 61.7 Å². The van der Waals surface area contributed by atoms with Gasteiger partial charge in [0.1, 0.15) is 6.07 Å². The van der Waals surface area contributed by atoms with Crippen LogP contribution in [-0.2, 0) is 0 Å². The quantitative estimate of drug-likeness (QED) is 0.158. The molecule has 59 heavy (non-hydrogen) atoms. The molecule has 11 rings (SSSR count). The largest absolute Gasteiger partial charge is 0.310 e. The maximum atomic E-state index is 10.5. The molecule has 0 aliphatic carbocycles. The van der Waals surface area contributed by atoms with Crippen molar-refractivity contribution in [3.05, 3.63) is 218 Å². The minimum atomic E-state index is -0.0896. The van der Waals surface area contributed by atoms with Crippen LogP contribution in [0.2, 0.25) is 0 Å². The highest BCUT2D eigenvalue weighted by molar-refractivity contribution is 8.00. The van der Waals surface area contributed by atoms with Gasteiger partial charge in [0.25, 0.3) is 0 Å². The van der Waals surface area contributed by atoms with Crippen molar-refractivity contribution < 1.29 is 0 Å². The van der Waals surface area contributed by atoms with Gasteiger partial charge in [-0.1, -0.05) is 199 Å². The van der Waals surface area contributed by atoms with Gasteiger partial charge in [-0.3, -0.25) is 0 Å². The first-order chi connectivity index (χ1) is 29.2. The van der Waals surface area contributed by atoms with E-state index in [0.29, 0.717) is 5.56 Å². The van der Waals surface area contributed by atoms with Crippen molar-refractivity contribution in [3.63, 3.8) is 0 Å². The van der Waals surface area contributed by atoms with Gasteiger partial charge in [0.05, 0.1) is 11.3 Å². The molecule has 2 nitrogen and oxygen atoms in total. The first-order valence-corrected chi connectivity index (χ1v) is 20.8. The monoisotopic (exact) mass is 766 g/mol. The Morgan fingerprint density at radius 3 is 1.42 bits per heavy atom. The number of fused-ring (bicyclic) bond motifs is 4. The van der Waals surface area contributed by atoms with E-state index in [9.17, 15) is 5.26 Å². The van der Waals surface area contributed by atoms with Crippen LogP contribution < -0.4 is 21.3 Å². The zero-order valence-corrected chi connectivity index (χ0v) is 32.9. The van der Waals surface area contributed by atoms with E-state index < -0.39 is 0 Å². The molecule has 0 aromatic heterocycles. The van der Waals surface area contributed by atoms with Crippen LogP contribution in [0.1, 0.15) is 5.56 Å². The Labute approximate surface area is 349 Å². The molecule has 274 valence electrons. The van der Waals surface area contributed by atoms with Gasteiger partial charge in [-0.25, -0.2) is 0 Å². The highest BCUT2D eigenvalue weighted by atomic mass is 32.2. The lowest BCUT2D eigenvalue weighted by atomic mass is 9.34. The lowest BCUT2D eigenvalue weighted by Crippen LogP contribution is -2.60. The molecule has 0 amide bonds. The highest BCUT2D eigenvalue weighted by Gasteiger charge is 2.44. The Morgan fingerprint density at radius 1 is 0.407 bits per heavy atom. The SMILES string of the molecule is N#Cc1cccc2c1Sc1cc(-c3ccccc3)cc3c1B2c1cccc(-c2ccccc2)c1N3c1c(-c2ccccc2)cc(-c2ccccc2)cc1-c1ccccc1. The smallest absolute Gasteiger partial charge is 0.249 e. The highest BCUT2D eigenvalue weighted by Crippen LogP contribution is 2.53. The standard InChI is InChI=1S/C55H35BN2S/c57-36-42-28-16-31-49-55(42)59-51-35-44(38-20-8-2-9-21-38)34-50-52(51)56(49)48-30-17-29-45(39-22-10-3-11-23-39)54(48)58(50)53-46(40-24-12-4-13-25-40)32-43(37-18-6-1-7-19-37)33-47(53)41-26-14-5-15-27-41/h1-35H. The second-order valence-electron chi connectivity index (χ2n) is 15.1. The minimum Gasteiger partial charge on any atom is -0.310 e. The average Bonchev–Trinajstić information content (AvgIpc) is 3.32. The van der Waals surface area contributed by atoms with Crippen molar-refractivity contribution in [2.24, 2.45) is 0 Å². The van der Waals surface area contributed by atoms with Crippen LogP contribution >= 0.6 is 11.8 Å². The van der Waals surface area contributed by atoms with Crippen LogP contribution in [0.4, 0.5) is 17.1 Å². The molecule has 0 unspecified atom stereocenters. The van der Waals surface area contributed by atoms with E-state index in [4.69, 9.17) is 0 Å². The van der Waals surface area contributed by atoms with Crippen LogP contribution in [0.25, 0.3) is 55.6 Å². The van der Waals surface area contributed by atoms with Gasteiger partial charge in [0.2, 0.25) is 6.71 Å². The number of nitrogens with zero attached hydrogens (tertiary/aromatic N) is 2. The summed E-state index contributed by atoms with van der Waals surface area (Å²) in [5.41, 5.74) is 19.3. The molecule has 0 N–H and O–H groups in total. The van der Waals surface area contributed by atoms with Crippen LogP contribution in [-0.4, -0.2) is 6.71 Å². The predicted molar refractivity (Wildman–Crippen MR) is 248 cm³/mol. The van der Waals surface area contributed by atoms with Crippen molar-refractivity contribution in [1.82, 2.24) is 0 Å². The molecule has 0 saturated heterocycles. The average molecular weight is 767 g/mol. The second kappa shape index (κ2) is 14.6. The van der Waals surface area contributed by atoms with E-state index in [1.54, 1.807) is 11.8 Å². The molecule has 0 fully saturated rings. The van der Waals surface area contributed by atoms with Crippen molar-refractivity contribution in [2.45, 2.75) is 9.79 Å². The number of hydrogen-bond acceptors (Lipinski definition) is 3. The maximum Gasteiger partial charge on any atom is 0.249 e. The summed E-state index contributed by atoms with van der Waals surface area (Å²) in [4.78, 5) is 4.81. The van der Waals surface area contributed by atoms with E-state index in [1.807, 2.05) is 6.07 Å². The maximum absolute atomic E-state index is 10.5. The van der Waals surface area contributed by atoms with Gasteiger partial charge in [-0.15, -0.1) is 0 Å². The van der Waals surface area contributed by atoms with Crippen molar-refractivity contribution in [2.75, 3.05) is 4.90 Å². The molecule has 2 aliphatic heterocycles. The van der Waals surface area contributed by atoms with Crippen LogP contribution in [0.15, 0.2) is 222 Å². The molecule has 9 aromatic carbocycles. The third kappa shape index (κ3) is 5.90. The molecule has 2 heterocycles. The Hall–Kier alpha value is -7.32. The fraction of sp³-hybridized carbons (Fsp3) is 0. The molecule has 4 heteroatoms. The lowest BCUT2D eigenvalue weighted by Gasteiger charge is -2.43. The Morgan fingerprint density at radius 2 is 0.881 bits per heavy atom. The molecule has 2 aliphatic rings. The summed E-state index contributed by atoms with van der Waals surface area (Å²) in [6.07, 6.45) is 0. The van der Waals surface area contributed by atoms with Gasteiger partial charge in [0.15, 0.2) is 0 Å². The topological polar surface area (TPSA) is 27.0 Å². The van der Waals surface area contributed by atoms with E-state index in [0.717, 1.165) is 72.0 Å². The Balaban J connectivity index is 1.33. The molecular weight excluding hydrogens is 731 g/mol. The second-order valence-corrected chi connectivity index (χ2v) is 16.2. The lowest BCUT2D eigenvalue weighted by molar-refractivity contribution is 1.27. The van der Waals surface area contributed by atoms with E-state index in [1.165, 1.54) is 26.8 Å². The molecule has 0 radical (unpaired) electrons. The zero-order chi connectivity index (χ0) is 39.3. The predicted octanol–water partition coefficient (Wildman–Crippen LogP) is 12.7. The number of para-hydroxylation sites is 1. The molecule has 0 spiro atoms. The summed E-state index contributed by atoms with van der Waals surface area (Å²) >= 11 is 1.73. The number of rotatable bonds is 6. The number of nitriles is 1. The van der Waals surface area contributed by atoms with Crippen LogP contribution in [0.3, 0.4) is 0 Å². The molecular formula is C55H35BN2S. The summed E-state index contributed by atoms with van der Waals surface area (Å²) in [6, 6.07) is 79.1. The summed E-state index contributed by atoms with van der Waals surface area (Å²) in [5, 5.41) is 10.5. The fourth-order valence-corrected chi connectivity index (χ4v) is 10.4. The van der Waals surface area contributed by atoms with E-state index in [2.05, 4.69) is 217 Å². The van der Waals surface area contributed by atoms with Gasteiger partial charge >= 0.3 is 0 Å². The molecule has 0 atom stereocenters. The summed E-state index contributed by atoms with van der Waals surface area (Å²) in [7, 11) is 0. The zero-order valence-electron chi connectivity index (χ0n) is 32.1. The number of hydrogen-bond donors (Lipinski definition) is 0. The molecule has 9 aromatic rings. The third-order valence-electron chi connectivity index (χ3n) is 11.7. The molecule has 0 bridgehead atoms. The normalized spacial score (nSPS) is 12.3.